The summed E-state index contributed by atoms with van der Waals surface area (Å²) in [6.07, 6.45) is -0.0256. The smallest absolute Gasteiger partial charge is 0.407 e. The number of carbonyl (C=O) groups is 2. The van der Waals surface area contributed by atoms with E-state index in [1.807, 2.05) is 27.7 Å². The maximum Gasteiger partial charge on any atom is 0.407 e. The van der Waals surface area contributed by atoms with Crippen molar-refractivity contribution in [2.24, 2.45) is 5.92 Å². The molecule has 0 heterocycles. The van der Waals surface area contributed by atoms with Gasteiger partial charge in [-0.1, -0.05) is 20.8 Å². The molecule has 0 saturated heterocycles. The van der Waals surface area contributed by atoms with Gasteiger partial charge in [0, 0.05) is 0 Å². The highest BCUT2D eigenvalue weighted by molar-refractivity contribution is 5.81. The van der Waals surface area contributed by atoms with Gasteiger partial charge in [0.05, 0.1) is 13.2 Å². The van der Waals surface area contributed by atoms with Gasteiger partial charge in [-0.15, -0.1) is 0 Å². The molecule has 0 aromatic carbocycles. The summed E-state index contributed by atoms with van der Waals surface area (Å²) in [5.74, 6) is -0.467. The van der Waals surface area contributed by atoms with Crippen LogP contribution in [0.5, 0.6) is 0 Å². The predicted octanol–water partition coefficient (Wildman–Crippen LogP) is 1.71. The normalized spacial score (nSPS) is 14.1. The summed E-state index contributed by atoms with van der Waals surface area (Å²) < 4.78 is 9.61. The van der Waals surface area contributed by atoms with Gasteiger partial charge in [0.25, 0.3) is 0 Å². The minimum Gasteiger partial charge on any atom is -0.461 e. The van der Waals surface area contributed by atoms with Gasteiger partial charge in [0.1, 0.15) is 6.04 Å². The maximum atomic E-state index is 11.7. The van der Waals surface area contributed by atoms with E-state index in [2.05, 4.69) is 10.1 Å². The summed E-state index contributed by atoms with van der Waals surface area (Å²) in [4.78, 5) is 22.8. The average Bonchev–Trinajstić information content (AvgIpc) is 2.24. The van der Waals surface area contributed by atoms with Crippen molar-refractivity contribution in [3.63, 3.8) is 0 Å². The van der Waals surface area contributed by atoms with Crippen LogP contribution in [0, 0.1) is 5.92 Å². The van der Waals surface area contributed by atoms with Crippen LogP contribution in [0.3, 0.4) is 0 Å². The third-order valence-electron chi connectivity index (χ3n) is 2.27. The third-order valence-corrected chi connectivity index (χ3v) is 2.27. The summed E-state index contributed by atoms with van der Waals surface area (Å²) in [5.41, 5.74) is 0. The zero-order chi connectivity index (χ0) is 12.7. The third kappa shape index (κ3) is 5.00. The first-order valence-electron chi connectivity index (χ1n) is 5.47. The first-order valence-corrected chi connectivity index (χ1v) is 5.47. The van der Waals surface area contributed by atoms with Gasteiger partial charge in [-0.3, -0.25) is 0 Å². The van der Waals surface area contributed by atoms with Crippen LogP contribution in [-0.2, 0) is 14.3 Å². The molecule has 0 aromatic rings. The minimum atomic E-state index is -0.665. The van der Waals surface area contributed by atoms with E-state index in [1.54, 1.807) is 0 Å². The van der Waals surface area contributed by atoms with E-state index < -0.39 is 18.1 Å². The molecule has 0 aromatic heterocycles. The first-order chi connectivity index (χ1) is 7.42. The highest BCUT2D eigenvalue weighted by atomic mass is 16.6. The molecule has 0 fully saturated rings. The number of alkyl carbamates (subject to hydrolysis) is 1. The molecule has 0 rings (SSSR count). The standard InChI is InChI=1S/C11H21NO4/c1-6-8(4)16-10(13)9(7(2)3)12-11(14)15-5/h7-9H,6H2,1-5H3,(H,12,14). The van der Waals surface area contributed by atoms with Gasteiger partial charge < -0.3 is 14.8 Å². The van der Waals surface area contributed by atoms with Crippen LogP contribution >= 0.6 is 0 Å². The fraction of sp³-hybridized carbons (Fsp3) is 0.818. The van der Waals surface area contributed by atoms with Gasteiger partial charge in [-0.2, -0.15) is 0 Å². The second-order valence-electron chi connectivity index (χ2n) is 4.01. The summed E-state index contributed by atoms with van der Waals surface area (Å²) in [6.45, 7) is 7.40. The van der Waals surface area contributed by atoms with E-state index in [-0.39, 0.29) is 12.0 Å². The lowest BCUT2D eigenvalue weighted by Gasteiger charge is -2.22. The fourth-order valence-corrected chi connectivity index (χ4v) is 1.04. The van der Waals surface area contributed by atoms with Crippen molar-refractivity contribution in [1.29, 1.82) is 0 Å². The van der Waals surface area contributed by atoms with Gasteiger partial charge >= 0.3 is 12.1 Å². The molecular weight excluding hydrogens is 210 g/mol. The Morgan fingerprint density at radius 2 is 1.81 bits per heavy atom. The van der Waals surface area contributed by atoms with Gasteiger partial charge in [0.15, 0.2) is 0 Å². The van der Waals surface area contributed by atoms with Crippen molar-refractivity contribution in [3.05, 3.63) is 0 Å². The molecule has 5 heteroatoms. The first kappa shape index (κ1) is 14.7. The van der Waals surface area contributed by atoms with Gasteiger partial charge in [-0.05, 0) is 19.3 Å². The number of methoxy groups -OCH3 is 1. The van der Waals surface area contributed by atoms with Crippen molar-refractivity contribution in [3.8, 4) is 0 Å². The number of esters is 1. The largest absolute Gasteiger partial charge is 0.461 e. The molecule has 1 N–H and O–H groups in total. The lowest BCUT2D eigenvalue weighted by Crippen LogP contribution is -2.46. The number of carbonyl (C=O) groups excluding carboxylic acids is 2. The molecule has 0 spiro atoms. The number of amides is 1. The molecule has 0 radical (unpaired) electrons. The Kier molecular flexibility index (Phi) is 6.53. The Hall–Kier alpha value is -1.26. The Morgan fingerprint density at radius 3 is 2.19 bits per heavy atom. The van der Waals surface area contributed by atoms with E-state index in [9.17, 15) is 9.59 Å². The second-order valence-corrected chi connectivity index (χ2v) is 4.01. The van der Waals surface area contributed by atoms with E-state index >= 15 is 0 Å². The van der Waals surface area contributed by atoms with Crippen molar-refractivity contribution >= 4 is 12.1 Å². The molecular formula is C11H21NO4. The molecule has 16 heavy (non-hydrogen) atoms. The zero-order valence-electron chi connectivity index (χ0n) is 10.6. The average molecular weight is 231 g/mol. The molecule has 0 aliphatic rings. The van der Waals surface area contributed by atoms with Crippen molar-refractivity contribution in [2.45, 2.75) is 46.3 Å². The van der Waals surface area contributed by atoms with Crippen molar-refractivity contribution in [1.82, 2.24) is 5.32 Å². The van der Waals surface area contributed by atoms with Crippen molar-refractivity contribution < 1.29 is 19.1 Å². The molecule has 0 aliphatic heterocycles. The Labute approximate surface area is 96.5 Å². The zero-order valence-corrected chi connectivity index (χ0v) is 10.6. The summed E-state index contributed by atoms with van der Waals surface area (Å²) >= 11 is 0. The van der Waals surface area contributed by atoms with Crippen LogP contribution in [0.25, 0.3) is 0 Å². The molecule has 2 atom stereocenters. The number of hydrogen-bond acceptors (Lipinski definition) is 4. The summed E-state index contributed by atoms with van der Waals surface area (Å²) in [5, 5.41) is 2.46. The summed E-state index contributed by atoms with van der Waals surface area (Å²) in [7, 11) is 1.26. The highest BCUT2D eigenvalue weighted by Crippen LogP contribution is 2.07. The molecule has 1 amide bonds. The predicted molar refractivity (Wildman–Crippen MR) is 60.0 cm³/mol. The molecule has 0 bridgehead atoms. The second kappa shape index (κ2) is 7.09. The van der Waals surface area contributed by atoms with Gasteiger partial charge in [-0.25, -0.2) is 9.59 Å². The van der Waals surface area contributed by atoms with Gasteiger partial charge in [0.2, 0.25) is 0 Å². The van der Waals surface area contributed by atoms with Crippen LogP contribution < -0.4 is 5.32 Å². The van der Waals surface area contributed by atoms with E-state index in [4.69, 9.17) is 4.74 Å². The highest BCUT2D eigenvalue weighted by Gasteiger charge is 2.26. The quantitative estimate of drug-likeness (QED) is 0.731. The van der Waals surface area contributed by atoms with Crippen LogP contribution in [0.4, 0.5) is 4.79 Å². The number of rotatable bonds is 5. The number of ether oxygens (including phenoxy) is 2. The lowest BCUT2D eigenvalue weighted by molar-refractivity contribution is -0.152. The SMILES string of the molecule is CCC(C)OC(=O)C(NC(=O)OC)C(C)C. The maximum absolute atomic E-state index is 11.7. The van der Waals surface area contributed by atoms with E-state index in [0.717, 1.165) is 6.42 Å². The van der Waals surface area contributed by atoms with E-state index in [0.29, 0.717) is 0 Å². The Bertz CT molecular complexity index is 240. The van der Waals surface area contributed by atoms with Crippen LogP contribution in [0.1, 0.15) is 34.1 Å². The summed E-state index contributed by atoms with van der Waals surface area (Å²) in [6, 6.07) is -0.665. The molecule has 0 saturated carbocycles. The molecule has 2 unspecified atom stereocenters. The van der Waals surface area contributed by atoms with Crippen LogP contribution in [0.15, 0.2) is 0 Å². The molecule has 5 nitrogen and oxygen atoms in total. The monoisotopic (exact) mass is 231 g/mol. The lowest BCUT2D eigenvalue weighted by atomic mass is 10.1. The molecule has 0 aliphatic carbocycles. The van der Waals surface area contributed by atoms with E-state index in [1.165, 1.54) is 7.11 Å². The van der Waals surface area contributed by atoms with Crippen LogP contribution in [-0.4, -0.2) is 31.3 Å². The molecule has 94 valence electrons. The Morgan fingerprint density at radius 1 is 1.25 bits per heavy atom. The fourth-order valence-electron chi connectivity index (χ4n) is 1.04. The van der Waals surface area contributed by atoms with Crippen LogP contribution in [0.2, 0.25) is 0 Å². The Balaban J connectivity index is 4.41. The number of hydrogen-bond donors (Lipinski definition) is 1. The number of nitrogens with one attached hydrogen (secondary N) is 1. The van der Waals surface area contributed by atoms with Crippen molar-refractivity contribution in [2.75, 3.05) is 7.11 Å². The minimum absolute atomic E-state index is 0.0457. The topological polar surface area (TPSA) is 64.6 Å².